The third-order valence-electron chi connectivity index (χ3n) is 4.83. The van der Waals surface area contributed by atoms with Crippen LogP contribution in [-0.2, 0) is 9.59 Å². The van der Waals surface area contributed by atoms with E-state index in [0.29, 0.717) is 23.4 Å². The monoisotopic (exact) mass is 460 g/mol. The molecule has 0 aliphatic carbocycles. The van der Waals surface area contributed by atoms with Crippen LogP contribution in [0.25, 0.3) is 0 Å². The summed E-state index contributed by atoms with van der Waals surface area (Å²) in [5.74, 6) is 10.3. The predicted molar refractivity (Wildman–Crippen MR) is 131 cm³/mol. The van der Waals surface area contributed by atoms with E-state index in [9.17, 15) is 14.4 Å². The second-order valence-electron chi connectivity index (χ2n) is 7.42. The number of aliphatic hydroxyl groups is 1. The van der Waals surface area contributed by atoms with Crippen LogP contribution in [0.2, 0.25) is 0 Å². The van der Waals surface area contributed by atoms with Gasteiger partial charge < -0.3 is 21.5 Å². The van der Waals surface area contributed by atoms with Gasteiger partial charge in [-0.15, -0.1) is 0 Å². The Morgan fingerprint density at radius 3 is 2.06 bits per heavy atom. The van der Waals surface area contributed by atoms with E-state index in [4.69, 9.17) is 10.8 Å². The van der Waals surface area contributed by atoms with Crippen LogP contribution in [0.1, 0.15) is 28.4 Å². The largest absolute Gasteiger partial charge is 0.388 e. The average Bonchev–Trinajstić information content (AvgIpc) is 2.85. The lowest BCUT2D eigenvalue weighted by atomic mass is 10.1. The number of benzene rings is 2. The number of aliphatic hydroxyl groups excluding tert-OH is 1. The lowest BCUT2D eigenvalue weighted by molar-refractivity contribution is -0.123. The van der Waals surface area contributed by atoms with Crippen LogP contribution in [0.3, 0.4) is 0 Å². The molecule has 176 valence electrons. The minimum atomic E-state index is -0.930. The van der Waals surface area contributed by atoms with Gasteiger partial charge in [-0.25, -0.2) is 0 Å². The Hall–Kier alpha value is -3.95. The summed E-state index contributed by atoms with van der Waals surface area (Å²) in [5, 5.41) is 14.2. The quantitative estimate of drug-likeness (QED) is 0.406. The third kappa shape index (κ3) is 8.53. The number of hydrogen-bond donors (Lipinski definition) is 4. The molecule has 8 nitrogen and oxygen atoms in total. The fourth-order valence-corrected chi connectivity index (χ4v) is 2.73. The van der Waals surface area contributed by atoms with Gasteiger partial charge in [0.25, 0.3) is 5.91 Å². The van der Waals surface area contributed by atoms with Crippen LogP contribution in [0, 0.1) is 23.7 Å². The maximum Gasteiger partial charge on any atom is 0.251 e. The Bertz CT molecular complexity index is 1120. The van der Waals surface area contributed by atoms with Gasteiger partial charge in [-0.05, 0) is 74.0 Å². The highest BCUT2D eigenvalue weighted by Crippen LogP contribution is 2.09. The number of nitrogens with zero attached hydrogens (tertiary/aromatic N) is 1. The number of rotatable bonds is 9. The van der Waals surface area contributed by atoms with E-state index in [1.807, 2.05) is 18.9 Å². The molecule has 2 aromatic carbocycles. The predicted octanol–water partition coefficient (Wildman–Crippen LogP) is 0.599. The van der Waals surface area contributed by atoms with Crippen LogP contribution in [-0.4, -0.2) is 66.9 Å². The molecule has 1 atom stereocenters. The van der Waals surface area contributed by atoms with Crippen molar-refractivity contribution in [2.24, 2.45) is 5.73 Å². The van der Waals surface area contributed by atoms with Crippen LogP contribution >= 0.6 is 0 Å². The van der Waals surface area contributed by atoms with Crippen LogP contribution in [0.15, 0.2) is 48.5 Å². The molecule has 0 bridgehead atoms. The number of likely N-dealkylation sites (N-methyl/N-ethyl adjacent to an activating group) is 1. The summed E-state index contributed by atoms with van der Waals surface area (Å²) in [6.07, 6.45) is 0. The van der Waals surface area contributed by atoms with Crippen LogP contribution in [0.5, 0.6) is 0 Å². The molecule has 0 saturated heterocycles. The number of carbonyl (C=O) groups excluding carboxylic acids is 3. The van der Waals surface area contributed by atoms with Gasteiger partial charge in [-0.3, -0.25) is 19.3 Å². The summed E-state index contributed by atoms with van der Waals surface area (Å²) in [6.45, 7) is 2.33. The summed E-state index contributed by atoms with van der Waals surface area (Å²) in [6, 6.07) is 12.7. The SMILES string of the molecule is CCN(C)CC(=O)Nc1ccc(C#CC#Cc2ccc(C(=O)N[C@@H](CN)C(=O)CO)cc2)cc1. The van der Waals surface area contributed by atoms with Gasteiger partial charge in [0.05, 0.1) is 6.54 Å². The molecule has 0 spiro atoms. The lowest BCUT2D eigenvalue weighted by Crippen LogP contribution is -2.46. The molecule has 0 aromatic heterocycles. The number of nitrogens with two attached hydrogens (primary N) is 1. The highest BCUT2D eigenvalue weighted by atomic mass is 16.3. The summed E-state index contributed by atoms with van der Waals surface area (Å²) in [4.78, 5) is 37.6. The van der Waals surface area contributed by atoms with E-state index in [1.54, 1.807) is 48.5 Å². The molecule has 0 heterocycles. The van der Waals surface area contributed by atoms with Gasteiger partial charge >= 0.3 is 0 Å². The number of Topliss-reactive ketones (excluding diaryl/α,β-unsaturated/α-hetero) is 1. The smallest absolute Gasteiger partial charge is 0.251 e. The van der Waals surface area contributed by atoms with Gasteiger partial charge in [0.15, 0.2) is 5.78 Å². The van der Waals surface area contributed by atoms with Crippen molar-refractivity contribution in [3.63, 3.8) is 0 Å². The topological polar surface area (TPSA) is 125 Å². The van der Waals surface area contributed by atoms with Gasteiger partial charge in [-0.1, -0.05) is 18.8 Å². The van der Waals surface area contributed by atoms with E-state index in [2.05, 4.69) is 34.3 Å². The molecule has 0 fully saturated rings. The molecule has 0 unspecified atom stereocenters. The van der Waals surface area contributed by atoms with Crippen molar-refractivity contribution in [3.05, 3.63) is 65.2 Å². The first kappa shape index (κ1) is 26.3. The normalized spacial score (nSPS) is 10.9. The Labute approximate surface area is 199 Å². The van der Waals surface area contributed by atoms with E-state index in [1.165, 1.54) is 0 Å². The fourth-order valence-electron chi connectivity index (χ4n) is 2.73. The lowest BCUT2D eigenvalue weighted by Gasteiger charge is -2.14. The Morgan fingerprint density at radius 2 is 1.56 bits per heavy atom. The first-order chi connectivity index (χ1) is 16.4. The highest BCUT2D eigenvalue weighted by molar-refractivity contribution is 5.98. The van der Waals surface area contributed by atoms with Crippen molar-refractivity contribution in [1.82, 2.24) is 10.2 Å². The second-order valence-corrected chi connectivity index (χ2v) is 7.42. The van der Waals surface area contributed by atoms with E-state index < -0.39 is 24.3 Å². The number of nitrogens with one attached hydrogen (secondary N) is 2. The molecular formula is C26H28N4O4. The van der Waals surface area contributed by atoms with Crippen LogP contribution in [0.4, 0.5) is 5.69 Å². The summed E-state index contributed by atoms with van der Waals surface area (Å²) in [7, 11) is 1.88. The number of hydrogen-bond acceptors (Lipinski definition) is 6. The van der Waals surface area contributed by atoms with Crippen molar-refractivity contribution in [2.45, 2.75) is 13.0 Å². The highest BCUT2D eigenvalue weighted by Gasteiger charge is 2.18. The first-order valence-corrected chi connectivity index (χ1v) is 10.7. The molecule has 5 N–H and O–H groups in total. The molecule has 2 rings (SSSR count). The van der Waals surface area contributed by atoms with Crippen LogP contribution < -0.4 is 16.4 Å². The maximum absolute atomic E-state index is 12.2. The number of ketones is 1. The van der Waals surface area contributed by atoms with Crippen molar-refractivity contribution >= 4 is 23.3 Å². The fraction of sp³-hybridized carbons (Fsp3) is 0.269. The zero-order valence-electron chi connectivity index (χ0n) is 19.2. The third-order valence-corrected chi connectivity index (χ3v) is 4.83. The minimum absolute atomic E-state index is 0.0737. The molecule has 2 aromatic rings. The summed E-state index contributed by atoms with van der Waals surface area (Å²) < 4.78 is 0. The standard InChI is InChI=1S/C26H28N4O4/c1-3-30(2)17-25(33)28-22-14-10-20(11-15-22)7-5-4-6-19-8-12-21(13-9-19)26(34)29-23(16-27)24(32)18-31/h8-15,23,31H,3,16-18,27H2,1-2H3,(H,28,33)(H,29,34)/t23-/m0/s1. The van der Waals surface area contributed by atoms with Crippen molar-refractivity contribution in [1.29, 1.82) is 0 Å². The van der Waals surface area contributed by atoms with Crippen molar-refractivity contribution in [3.8, 4) is 23.7 Å². The molecular weight excluding hydrogens is 432 g/mol. The summed E-state index contributed by atoms with van der Waals surface area (Å²) in [5.41, 5.74) is 7.94. The van der Waals surface area contributed by atoms with E-state index in [-0.39, 0.29) is 12.5 Å². The number of amides is 2. The van der Waals surface area contributed by atoms with Gasteiger partial charge in [0.2, 0.25) is 5.91 Å². The van der Waals surface area contributed by atoms with Gasteiger partial charge in [-0.2, -0.15) is 0 Å². The van der Waals surface area contributed by atoms with E-state index in [0.717, 1.165) is 12.1 Å². The molecule has 0 saturated carbocycles. The van der Waals surface area contributed by atoms with Crippen molar-refractivity contribution < 1.29 is 19.5 Å². The van der Waals surface area contributed by atoms with Gasteiger partial charge in [0.1, 0.15) is 12.6 Å². The first-order valence-electron chi connectivity index (χ1n) is 10.7. The molecule has 8 heteroatoms. The molecule has 34 heavy (non-hydrogen) atoms. The van der Waals surface area contributed by atoms with Gasteiger partial charge in [0, 0.05) is 28.9 Å². The van der Waals surface area contributed by atoms with Crippen molar-refractivity contribution in [2.75, 3.05) is 38.6 Å². The Morgan fingerprint density at radius 1 is 1.00 bits per heavy atom. The second kappa shape index (κ2) is 13.6. The molecule has 2 amide bonds. The summed E-state index contributed by atoms with van der Waals surface area (Å²) >= 11 is 0. The molecule has 0 aliphatic rings. The number of carbonyl (C=O) groups is 3. The zero-order valence-corrected chi connectivity index (χ0v) is 19.2. The zero-order chi connectivity index (χ0) is 24.9. The maximum atomic E-state index is 12.2. The average molecular weight is 461 g/mol. The molecule has 0 radical (unpaired) electrons. The Balaban J connectivity index is 1.93. The minimum Gasteiger partial charge on any atom is -0.388 e. The Kier molecular flexibility index (Phi) is 10.5. The number of anilines is 1. The molecule has 0 aliphatic heterocycles. The van der Waals surface area contributed by atoms with E-state index >= 15 is 0 Å².